The zero-order valence-electron chi connectivity index (χ0n) is 16.2. The van der Waals surface area contributed by atoms with Gasteiger partial charge < -0.3 is 15.0 Å². The first-order chi connectivity index (χ1) is 14.0. The van der Waals surface area contributed by atoms with Crippen LogP contribution in [-0.2, 0) is 10.5 Å². The van der Waals surface area contributed by atoms with E-state index in [1.165, 1.54) is 41.3 Å². The predicted molar refractivity (Wildman–Crippen MR) is 112 cm³/mol. The highest BCUT2D eigenvalue weighted by Crippen LogP contribution is 2.31. The van der Waals surface area contributed by atoms with Crippen LogP contribution in [0.3, 0.4) is 0 Å². The predicted octanol–water partition coefficient (Wildman–Crippen LogP) is 4.76. The number of carbonyl (C=O) groups is 1. The van der Waals surface area contributed by atoms with E-state index in [1.54, 1.807) is 6.92 Å². The number of thioether (sulfide) groups is 1. The monoisotopic (exact) mass is 457 g/mol. The first kappa shape index (κ1) is 22.2. The van der Waals surface area contributed by atoms with Crippen LogP contribution >= 0.6 is 23.1 Å². The molecule has 2 heterocycles. The van der Waals surface area contributed by atoms with Crippen molar-refractivity contribution in [1.82, 2.24) is 9.97 Å². The molecule has 0 radical (unpaired) electrons. The summed E-state index contributed by atoms with van der Waals surface area (Å²) in [6.45, 7) is 5.40. The van der Waals surface area contributed by atoms with Gasteiger partial charge in [0, 0.05) is 4.88 Å². The van der Waals surface area contributed by atoms with Crippen molar-refractivity contribution in [3.8, 4) is 5.75 Å². The summed E-state index contributed by atoms with van der Waals surface area (Å²) in [6, 6.07) is 5.31. The van der Waals surface area contributed by atoms with Crippen LogP contribution in [0.15, 0.2) is 29.1 Å². The minimum atomic E-state index is -4.87. The van der Waals surface area contributed by atoms with Gasteiger partial charge in [0.2, 0.25) is 5.91 Å². The number of fused-ring (bicyclic) bond motifs is 1. The number of hydrogen-bond donors (Lipinski definition) is 2. The van der Waals surface area contributed by atoms with Gasteiger partial charge in [0.05, 0.1) is 22.1 Å². The molecule has 0 saturated carbocycles. The SMILES string of the molecule is Cc1sc2nc(CSC(C)C(=O)Nc3ccccc3OC(F)(F)F)[nH]c(=O)c2c1C. The van der Waals surface area contributed by atoms with E-state index in [9.17, 15) is 22.8 Å². The third kappa shape index (κ3) is 5.14. The molecule has 1 amide bonds. The zero-order valence-corrected chi connectivity index (χ0v) is 17.8. The smallest absolute Gasteiger partial charge is 0.404 e. The van der Waals surface area contributed by atoms with Gasteiger partial charge in [0.1, 0.15) is 10.7 Å². The minimum Gasteiger partial charge on any atom is -0.404 e. The van der Waals surface area contributed by atoms with Crippen LogP contribution in [0.4, 0.5) is 18.9 Å². The second-order valence-corrected chi connectivity index (χ2v) is 8.99. The van der Waals surface area contributed by atoms with Gasteiger partial charge in [-0.2, -0.15) is 0 Å². The molecule has 3 aromatic rings. The van der Waals surface area contributed by atoms with E-state index in [2.05, 4.69) is 20.0 Å². The van der Waals surface area contributed by atoms with Gasteiger partial charge in [0.25, 0.3) is 5.56 Å². The third-order valence-corrected chi connectivity index (χ3v) is 6.55. The lowest BCUT2D eigenvalue weighted by Crippen LogP contribution is -2.24. The van der Waals surface area contributed by atoms with Crippen molar-refractivity contribution >= 4 is 44.9 Å². The van der Waals surface area contributed by atoms with Crippen molar-refractivity contribution in [2.24, 2.45) is 0 Å². The Morgan fingerprint density at radius 2 is 2.03 bits per heavy atom. The Bertz CT molecular complexity index is 1140. The van der Waals surface area contributed by atoms with E-state index < -0.39 is 23.3 Å². The number of ether oxygens (including phenoxy) is 1. The molecule has 11 heteroatoms. The van der Waals surface area contributed by atoms with Crippen molar-refractivity contribution < 1.29 is 22.7 Å². The van der Waals surface area contributed by atoms with Gasteiger partial charge >= 0.3 is 6.36 Å². The first-order valence-electron chi connectivity index (χ1n) is 8.81. The van der Waals surface area contributed by atoms with Crippen molar-refractivity contribution in [1.29, 1.82) is 0 Å². The molecule has 6 nitrogen and oxygen atoms in total. The highest BCUT2D eigenvalue weighted by Gasteiger charge is 2.32. The van der Waals surface area contributed by atoms with E-state index in [0.717, 1.165) is 16.5 Å². The lowest BCUT2D eigenvalue weighted by molar-refractivity contribution is -0.274. The van der Waals surface area contributed by atoms with Crippen LogP contribution in [0.1, 0.15) is 23.2 Å². The summed E-state index contributed by atoms with van der Waals surface area (Å²) in [5.41, 5.74) is 0.591. The highest BCUT2D eigenvalue weighted by atomic mass is 32.2. The summed E-state index contributed by atoms with van der Waals surface area (Å²) < 4.78 is 41.5. The molecule has 1 aromatic carbocycles. The van der Waals surface area contributed by atoms with Gasteiger partial charge in [-0.05, 0) is 38.5 Å². The van der Waals surface area contributed by atoms with Gasteiger partial charge in [-0.3, -0.25) is 9.59 Å². The Morgan fingerprint density at radius 3 is 2.73 bits per heavy atom. The Kier molecular flexibility index (Phi) is 6.41. The van der Waals surface area contributed by atoms with E-state index in [4.69, 9.17) is 0 Å². The minimum absolute atomic E-state index is 0.0789. The quantitative estimate of drug-likeness (QED) is 0.558. The molecule has 1 unspecified atom stereocenters. The van der Waals surface area contributed by atoms with Crippen molar-refractivity contribution in [3.05, 3.63) is 50.9 Å². The second kappa shape index (κ2) is 8.68. The number of aromatic nitrogens is 2. The summed E-state index contributed by atoms with van der Waals surface area (Å²) in [7, 11) is 0. The summed E-state index contributed by atoms with van der Waals surface area (Å²) in [5, 5.41) is 2.40. The molecule has 30 heavy (non-hydrogen) atoms. The van der Waals surface area contributed by atoms with E-state index in [0.29, 0.717) is 16.0 Å². The molecule has 3 rings (SSSR count). The van der Waals surface area contributed by atoms with Crippen LogP contribution in [0.25, 0.3) is 10.2 Å². The molecule has 0 aliphatic heterocycles. The number of aryl methyl sites for hydroxylation is 2. The third-order valence-electron chi connectivity index (χ3n) is 4.30. The molecular formula is C19H18F3N3O3S2. The number of rotatable bonds is 6. The van der Waals surface area contributed by atoms with Gasteiger partial charge in [-0.25, -0.2) is 4.98 Å². The topological polar surface area (TPSA) is 84.1 Å². The standard InChI is InChI=1S/C19H18F3N3O3S2/c1-9-10(2)30-18-15(9)17(27)24-14(25-18)8-29-11(3)16(26)23-12-6-4-5-7-13(12)28-19(20,21)22/h4-7,11H,8H2,1-3H3,(H,23,26)(H,24,25,27). The number of alkyl halides is 3. The van der Waals surface area contributed by atoms with Crippen LogP contribution in [0.2, 0.25) is 0 Å². The molecule has 0 fully saturated rings. The summed E-state index contributed by atoms with van der Waals surface area (Å²) in [5.74, 6) is -0.296. The lowest BCUT2D eigenvalue weighted by atomic mass is 10.2. The number of carbonyl (C=O) groups excluding carboxylic acids is 1. The van der Waals surface area contributed by atoms with Crippen LogP contribution < -0.4 is 15.6 Å². The van der Waals surface area contributed by atoms with Crippen molar-refractivity contribution in [2.45, 2.75) is 38.1 Å². The first-order valence-corrected chi connectivity index (χ1v) is 10.7. The summed E-state index contributed by atoms with van der Waals surface area (Å²) >= 11 is 2.63. The molecular weight excluding hydrogens is 439 g/mol. The van der Waals surface area contributed by atoms with E-state index in [-0.39, 0.29) is 17.0 Å². The number of benzene rings is 1. The highest BCUT2D eigenvalue weighted by molar-refractivity contribution is 7.99. The van der Waals surface area contributed by atoms with E-state index >= 15 is 0 Å². The maximum Gasteiger partial charge on any atom is 0.573 e. The zero-order chi connectivity index (χ0) is 22.1. The van der Waals surface area contributed by atoms with Gasteiger partial charge in [-0.15, -0.1) is 36.3 Å². The number of amides is 1. The maximum absolute atomic E-state index is 12.5. The number of hydrogen-bond acceptors (Lipinski definition) is 6. The molecule has 1 atom stereocenters. The fraction of sp³-hybridized carbons (Fsp3) is 0.316. The number of anilines is 1. The largest absolute Gasteiger partial charge is 0.573 e. The average Bonchev–Trinajstić information content (AvgIpc) is 2.94. The van der Waals surface area contributed by atoms with Crippen molar-refractivity contribution in [2.75, 3.05) is 5.32 Å². The van der Waals surface area contributed by atoms with Crippen LogP contribution in [0, 0.1) is 13.8 Å². The number of aromatic amines is 1. The maximum atomic E-state index is 12.5. The normalized spacial score (nSPS) is 12.7. The number of para-hydroxylation sites is 2. The number of halogens is 3. The van der Waals surface area contributed by atoms with E-state index in [1.807, 2.05) is 13.8 Å². The molecule has 0 bridgehead atoms. The molecule has 0 aliphatic carbocycles. The summed E-state index contributed by atoms with van der Waals surface area (Å²) in [4.78, 5) is 33.6. The van der Waals surface area contributed by atoms with Crippen LogP contribution in [0.5, 0.6) is 5.75 Å². The Labute approximate surface area is 177 Å². The lowest BCUT2D eigenvalue weighted by Gasteiger charge is -2.16. The number of nitrogens with zero attached hydrogens (tertiary/aromatic N) is 1. The average molecular weight is 457 g/mol. The number of thiophene rings is 1. The number of H-pyrrole nitrogens is 1. The Morgan fingerprint density at radius 1 is 1.33 bits per heavy atom. The molecule has 0 aliphatic rings. The molecule has 2 N–H and O–H groups in total. The molecule has 160 valence electrons. The van der Waals surface area contributed by atoms with Gasteiger partial charge in [0.15, 0.2) is 5.75 Å². The Balaban J connectivity index is 1.67. The summed E-state index contributed by atoms with van der Waals surface area (Å²) in [6.07, 6.45) is -4.87. The molecule has 0 saturated heterocycles. The van der Waals surface area contributed by atoms with Crippen molar-refractivity contribution in [3.63, 3.8) is 0 Å². The fourth-order valence-corrected chi connectivity index (χ4v) is 4.47. The molecule has 2 aromatic heterocycles. The second-order valence-electron chi connectivity index (χ2n) is 6.46. The van der Waals surface area contributed by atoms with Gasteiger partial charge in [-0.1, -0.05) is 12.1 Å². The van der Waals surface area contributed by atoms with Crippen LogP contribution in [-0.4, -0.2) is 27.5 Å². The number of nitrogens with one attached hydrogen (secondary N) is 2. The fourth-order valence-electron chi connectivity index (χ4n) is 2.67. The molecule has 0 spiro atoms. The Hall–Kier alpha value is -2.53.